The number of hydrogen-bond donors (Lipinski definition) is 0. The molecular formula is C24H19F3O6. The first kappa shape index (κ1) is 25.0. The average molecular weight is 460 g/mol. The molecule has 0 fully saturated rings. The van der Waals surface area contributed by atoms with Crippen molar-refractivity contribution in [2.75, 3.05) is 0 Å². The Morgan fingerprint density at radius 3 is 2.03 bits per heavy atom. The molecule has 9 heteroatoms. The van der Waals surface area contributed by atoms with E-state index >= 15 is 0 Å². The molecule has 0 heterocycles. The molecule has 0 saturated heterocycles. The highest BCUT2D eigenvalue weighted by Gasteiger charge is 2.34. The van der Waals surface area contributed by atoms with Crippen LogP contribution in [-0.2, 0) is 25.2 Å². The lowest BCUT2D eigenvalue weighted by Crippen LogP contribution is -2.07. The number of halogens is 3. The van der Waals surface area contributed by atoms with E-state index in [2.05, 4.69) is 17.9 Å². The minimum atomic E-state index is -4.65. The Morgan fingerprint density at radius 1 is 0.879 bits per heavy atom. The third-order valence-corrected chi connectivity index (χ3v) is 3.86. The van der Waals surface area contributed by atoms with Crippen molar-refractivity contribution < 1.29 is 41.7 Å². The molecule has 172 valence electrons. The van der Waals surface area contributed by atoms with Crippen LogP contribution in [0.15, 0.2) is 92.3 Å². The molecule has 2 aromatic rings. The molecule has 2 rings (SSSR count). The lowest BCUT2D eigenvalue weighted by atomic mass is 9.99. The predicted octanol–water partition coefficient (Wildman–Crippen LogP) is 5.92. The minimum Gasteiger partial charge on any atom is -0.462 e. The van der Waals surface area contributed by atoms with E-state index in [1.165, 1.54) is 43.3 Å². The lowest BCUT2D eigenvalue weighted by Gasteiger charge is -2.15. The Kier molecular flexibility index (Phi) is 8.62. The number of rotatable bonds is 9. The van der Waals surface area contributed by atoms with Crippen LogP contribution in [-0.4, -0.2) is 11.9 Å². The molecule has 6 nitrogen and oxygen atoms in total. The molecule has 33 heavy (non-hydrogen) atoms. The number of alkyl halides is 3. The molecule has 0 saturated carbocycles. The van der Waals surface area contributed by atoms with Gasteiger partial charge >= 0.3 is 18.1 Å². The zero-order chi connectivity index (χ0) is 24.4. The van der Waals surface area contributed by atoms with Crippen molar-refractivity contribution in [3.8, 4) is 22.6 Å². The van der Waals surface area contributed by atoms with Crippen molar-refractivity contribution in [3.05, 3.63) is 97.9 Å². The summed E-state index contributed by atoms with van der Waals surface area (Å²) in [6, 6.07) is 9.24. The highest BCUT2D eigenvalue weighted by atomic mass is 19.4. The normalized spacial score (nSPS) is 11.3. The fourth-order valence-electron chi connectivity index (χ4n) is 2.34. The van der Waals surface area contributed by atoms with Crippen molar-refractivity contribution >= 4 is 11.9 Å². The Bertz CT molecular complexity index is 1080. The van der Waals surface area contributed by atoms with Crippen molar-refractivity contribution in [2.45, 2.75) is 13.1 Å². The third-order valence-electron chi connectivity index (χ3n) is 3.86. The van der Waals surface area contributed by atoms with E-state index in [1.54, 1.807) is 0 Å². The zero-order valence-corrected chi connectivity index (χ0v) is 17.4. The molecule has 0 amide bonds. The summed E-state index contributed by atoms with van der Waals surface area (Å²) in [5.41, 5.74) is -0.492. The van der Waals surface area contributed by atoms with Gasteiger partial charge in [0.05, 0.1) is 5.56 Å². The first-order chi connectivity index (χ1) is 15.6. The maximum absolute atomic E-state index is 13.6. The van der Waals surface area contributed by atoms with Crippen LogP contribution < -0.4 is 9.47 Å². The molecular weight excluding hydrogens is 441 g/mol. The first-order valence-electron chi connectivity index (χ1n) is 9.26. The standard InChI is InChI=1S/C24H19F3O6/c1-4-22(28)32-13-11-31-19-9-10-20(21(15-19)24(25,26)27)17-5-7-18(8-6-17)30-12-14-33-23(29)16(2)3/h4-15H,1-2H2,3H3/b13-11-,14-12-. The van der Waals surface area contributed by atoms with Gasteiger partial charge in [0.1, 0.15) is 36.5 Å². The van der Waals surface area contributed by atoms with Crippen LogP contribution in [0.4, 0.5) is 13.2 Å². The summed E-state index contributed by atoms with van der Waals surface area (Å²) in [5, 5.41) is 0. The molecule has 0 N–H and O–H groups in total. The molecule has 0 atom stereocenters. The molecule has 0 unspecified atom stereocenters. The number of esters is 2. The first-order valence-corrected chi connectivity index (χ1v) is 9.26. The second kappa shape index (κ2) is 11.4. The summed E-state index contributed by atoms with van der Waals surface area (Å²) in [4.78, 5) is 22.2. The van der Waals surface area contributed by atoms with E-state index in [0.29, 0.717) is 5.75 Å². The van der Waals surface area contributed by atoms with Crippen LogP contribution in [0.3, 0.4) is 0 Å². The minimum absolute atomic E-state index is 0.0746. The highest BCUT2D eigenvalue weighted by Crippen LogP contribution is 2.39. The lowest BCUT2D eigenvalue weighted by molar-refractivity contribution is -0.137. The van der Waals surface area contributed by atoms with Crippen molar-refractivity contribution in [1.82, 2.24) is 0 Å². The summed E-state index contributed by atoms with van der Waals surface area (Å²) in [7, 11) is 0. The van der Waals surface area contributed by atoms with Crippen molar-refractivity contribution in [3.63, 3.8) is 0 Å². The van der Waals surface area contributed by atoms with Crippen LogP contribution in [0, 0.1) is 0 Å². The molecule has 0 bridgehead atoms. The number of ether oxygens (including phenoxy) is 4. The number of carbonyl (C=O) groups excluding carboxylic acids is 2. The van der Waals surface area contributed by atoms with Crippen molar-refractivity contribution in [1.29, 1.82) is 0 Å². The average Bonchev–Trinajstić information content (AvgIpc) is 2.79. The Labute approximate surface area is 187 Å². The fourth-order valence-corrected chi connectivity index (χ4v) is 2.34. The summed E-state index contributed by atoms with van der Waals surface area (Å²) in [6.07, 6.45) is 0.230. The summed E-state index contributed by atoms with van der Waals surface area (Å²) < 4.78 is 60.5. The maximum Gasteiger partial charge on any atom is 0.417 e. The monoisotopic (exact) mass is 460 g/mol. The van der Waals surface area contributed by atoms with Crippen LogP contribution in [0.2, 0.25) is 0 Å². The van der Waals surface area contributed by atoms with Crippen molar-refractivity contribution in [2.24, 2.45) is 0 Å². The molecule has 0 aliphatic rings. The van der Waals surface area contributed by atoms with Gasteiger partial charge < -0.3 is 18.9 Å². The number of benzene rings is 2. The van der Waals surface area contributed by atoms with Gasteiger partial charge in [-0.15, -0.1) is 0 Å². The number of carbonyl (C=O) groups is 2. The molecule has 0 aromatic heterocycles. The summed E-state index contributed by atoms with van der Waals surface area (Å²) in [5.74, 6) is -1.15. The van der Waals surface area contributed by atoms with Gasteiger partial charge in [-0.3, -0.25) is 0 Å². The van der Waals surface area contributed by atoms with Gasteiger partial charge in [-0.1, -0.05) is 31.4 Å². The topological polar surface area (TPSA) is 71.1 Å². The third kappa shape index (κ3) is 7.73. The Balaban J connectivity index is 2.15. The highest BCUT2D eigenvalue weighted by molar-refractivity contribution is 5.87. The van der Waals surface area contributed by atoms with Gasteiger partial charge in [-0.05, 0) is 42.3 Å². The van der Waals surface area contributed by atoms with E-state index < -0.39 is 23.7 Å². The summed E-state index contributed by atoms with van der Waals surface area (Å²) in [6.45, 7) is 8.12. The van der Waals surface area contributed by atoms with Gasteiger partial charge in [0, 0.05) is 11.6 Å². The van der Waals surface area contributed by atoms with Gasteiger partial charge in [0.25, 0.3) is 0 Å². The van der Waals surface area contributed by atoms with Crippen LogP contribution >= 0.6 is 0 Å². The van der Waals surface area contributed by atoms with E-state index in [-0.39, 0.29) is 22.4 Å². The van der Waals surface area contributed by atoms with E-state index in [4.69, 9.17) is 14.2 Å². The molecule has 0 aliphatic carbocycles. The van der Waals surface area contributed by atoms with Crippen LogP contribution in [0.5, 0.6) is 11.5 Å². The zero-order valence-electron chi connectivity index (χ0n) is 17.4. The quantitative estimate of drug-likeness (QED) is 0.263. The smallest absolute Gasteiger partial charge is 0.417 e. The fraction of sp³-hybridized carbons (Fsp3) is 0.0833. The SMILES string of the molecule is C=CC(=O)O/C=C\Oc1ccc(-c2ccc(O/C=C\OC(=O)C(=C)C)cc2)c(C(F)(F)F)c1. The summed E-state index contributed by atoms with van der Waals surface area (Å²) >= 11 is 0. The van der Waals surface area contributed by atoms with Gasteiger partial charge in [0.15, 0.2) is 0 Å². The number of hydrogen-bond acceptors (Lipinski definition) is 6. The molecule has 0 aliphatic heterocycles. The van der Waals surface area contributed by atoms with E-state index in [0.717, 1.165) is 37.2 Å². The van der Waals surface area contributed by atoms with Gasteiger partial charge in [0.2, 0.25) is 0 Å². The molecule has 2 aromatic carbocycles. The molecule has 0 spiro atoms. The Hall–Kier alpha value is -4.27. The largest absolute Gasteiger partial charge is 0.462 e. The molecule has 0 radical (unpaired) electrons. The van der Waals surface area contributed by atoms with E-state index in [9.17, 15) is 22.8 Å². The van der Waals surface area contributed by atoms with Gasteiger partial charge in [-0.25, -0.2) is 9.59 Å². The van der Waals surface area contributed by atoms with Gasteiger partial charge in [-0.2, -0.15) is 13.2 Å². The van der Waals surface area contributed by atoms with Crippen LogP contribution in [0.25, 0.3) is 11.1 Å². The van der Waals surface area contributed by atoms with E-state index in [1.807, 2.05) is 0 Å². The Morgan fingerprint density at radius 2 is 1.45 bits per heavy atom. The second-order valence-electron chi connectivity index (χ2n) is 6.34. The predicted molar refractivity (Wildman–Crippen MR) is 114 cm³/mol. The second-order valence-corrected chi connectivity index (χ2v) is 6.34. The van der Waals surface area contributed by atoms with Crippen LogP contribution in [0.1, 0.15) is 12.5 Å². The maximum atomic E-state index is 13.6.